The lowest BCUT2D eigenvalue weighted by Gasteiger charge is -2.17. The molecule has 1 N–H and O–H groups in total. The molecule has 0 aliphatic heterocycles. The zero-order valence-electron chi connectivity index (χ0n) is 16.1. The van der Waals surface area contributed by atoms with E-state index in [2.05, 4.69) is 49.7 Å². The molecule has 0 spiro atoms. The lowest BCUT2D eigenvalue weighted by molar-refractivity contribution is -0.131. The number of hydrogen-bond donors (Lipinski definition) is 1. The first-order valence-electron chi connectivity index (χ1n) is 9.11. The third-order valence-corrected chi connectivity index (χ3v) is 4.48. The molecule has 25 heavy (non-hydrogen) atoms. The number of likely N-dealkylation sites (N-methyl/N-ethyl adjacent to an activating group) is 1. The van der Waals surface area contributed by atoms with Crippen LogP contribution < -0.4 is 4.74 Å². The molecule has 2 rings (SSSR count). The van der Waals surface area contributed by atoms with Crippen molar-refractivity contribution in [2.24, 2.45) is 0 Å². The summed E-state index contributed by atoms with van der Waals surface area (Å²) in [7, 11) is 0. The molecular formula is C21H30N2O2. The van der Waals surface area contributed by atoms with Crippen LogP contribution >= 0.6 is 0 Å². The van der Waals surface area contributed by atoms with Crippen LogP contribution in [0.2, 0.25) is 0 Å². The number of H-pyrrole nitrogens is 1. The molecule has 4 nitrogen and oxygen atoms in total. The molecule has 0 aliphatic rings. The number of allylic oxidation sites excluding steroid dienone is 2. The average molecular weight is 342 g/mol. The molecule has 0 fully saturated rings. The number of carbonyl (C=O) groups excluding carboxylic acids is 1. The van der Waals surface area contributed by atoms with Crippen molar-refractivity contribution in [1.29, 1.82) is 0 Å². The minimum atomic E-state index is -0.281. The summed E-state index contributed by atoms with van der Waals surface area (Å²) in [5.74, 6) is 0.384. The van der Waals surface area contributed by atoms with Crippen LogP contribution in [-0.2, 0) is 17.6 Å². The summed E-state index contributed by atoms with van der Waals surface area (Å²) in [6.45, 7) is 13.1. The van der Waals surface area contributed by atoms with Crippen molar-refractivity contribution < 1.29 is 9.53 Å². The lowest BCUT2D eigenvalue weighted by atomic mass is 10.0. The fourth-order valence-corrected chi connectivity index (χ4v) is 3.05. The summed E-state index contributed by atoms with van der Waals surface area (Å²) >= 11 is 0. The van der Waals surface area contributed by atoms with Crippen molar-refractivity contribution in [3.05, 3.63) is 41.1 Å². The average Bonchev–Trinajstić information content (AvgIpc) is 2.97. The maximum Gasteiger partial charge on any atom is 0.308 e. The van der Waals surface area contributed by atoms with Gasteiger partial charge in [0.15, 0.2) is 0 Å². The van der Waals surface area contributed by atoms with Gasteiger partial charge in [0.1, 0.15) is 5.75 Å². The van der Waals surface area contributed by atoms with Gasteiger partial charge < -0.3 is 14.6 Å². The fourth-order valence-electron chi connectivity index (χ4n) is 3.05. The van der Waals surface area contributed by atoms with Crippen LogP contribution in [0.25, 0.3) is 10.9 Å². The van der Waals surface area contributed by atoms with E-state index in [1.165, 1.54) is 18.1 Å². The van der Waals surface area contributed by atoms with Crippen LogP contribution in [0.4, 0.5) is 0 Å². The van der Waals surface area contributed by atoms with Gasteiger partial charge in [-0.1, -0.05) is 25.5 Å². The molecule has 2 aromatic rings. The van der Waals surface area contributed by atoms with Crippen LogP contribution in [0.5, 0.6) is 5.75 Å². The van der Waals surface area contributed by atoms with Crippen LogP contribution in [0.1, 0.15) is 45.7 Å². The molecule has 1 aromatic carbocycles. The number of hydrogen-bond acceptors (Lipinski definition) is 3. The largest absolute Gasteiger partial charge is 0.426 e. The highest BCUT2D eigenvalue weighted by atomic mass is 16.5. The number of aromatic nitrogens is 1. The summed E-state index contributed by atoms with van der Waals surface area (Å²) in [6.07, 6.45) is 6.00. The summed E-state index contributed by atoms with van der Waals surface area (Å²) in [5.41, 5.74) is 4.65. The van der Waals surface area contributed by atoms with Gasteiger partial charge in [-0.2, -0.15) is 0 Å². The Kier molecular flexibility index (Phi) is 6.82. The van der Waals surface area contributed by atoms with Crippen molar-refractivity contribution in [2.45, 2.75) is 47.5 Å². The van der Waals surface area contributed by atoms with Crippen molar-refractivity contribution in [1.82, 2.24) is 9.88 Å². The molecule has 1 aromatic heterocycles. The zero-order chi connectivity index (χ0) is 18.4. The maximum atomic E-state index is 11.6. The molecule has 4 heteroatoms. The van der Waals surface area contributed by atoms with Crippen molar-refractivity contribution in [3.8, 4) is 5.75 Å². The molecule has 0 atom stereocenters. The molecule has 0 saturated carbocycles. The van der Waals surface area contributed by atoms with Crippen LogP contribution in [0.3, 0.4) is 0 Å². The highest BCUT2D eigenvalue weighted by Crippen LogP contribution is 2.31. The topological polar surface area (TPSA) is 45.3 Å². The number of carbonyl (C=O) groups is 1. The van der Waals surface area contributed by atoms with Crippen LogP contribution in [0.15, 0.2) is 30.0 Å². The van der Waals surface area contributed by atoms with Gasteiger partial charge in [0.2, 0.25) is 0 Å². The van der Waals surface area contributed by atoms with Gasteiger partial charge in [-0.25, -0.2) is 0 Å². The van der Waals surface area contributed by atoms with E-state index in [-0.39, 0.29) is 5.97 Å². The Morgan fingerprint density at radius 1 is 1.20 bits per heavy atom. The van der Waals surface area contributed by atoms with Gasteiger partial charge in [-0.05, 0) is 63.0 Å². The van der Waals surface area contributed by atoms with Gasteiger partial charge >= 0.3 is 5.97 Å². The molecule has 0 bridgehead atoms. The van der Waals surface area contributed by atoms with E-state index < -0.39 is 0 Å². The summed E-state index contributed by atoms with van der Waals surface area (Å²) in [5, 5.41) is 1.03. The minimum Gasteiger partial charge on any atom is -0.426 e. The first-order valence-corrected chi connectivity index (χ1v) is 9.11. The fraction of sp³-hybridized carbons (Fsp3) is 0.476. The monoisotopic (exact) mass is 342 g/mol. The highest BCUT2D eigenvalue weighted by Gasteiger charge is 2.14. The van der Waals surface area contributed by atoms with E-state index in [0.717, 1.165) is 48.9 Å². The van der Waals surface area contributed by atoms with E-state index in [9.17, 15) is 4.79 Å². The second kappa shape index (κ2) is 8.86. The Bertz CT molecular complexity index is 751. The third kappa shape index (κ3) is 5.20. The molecule has 0 radical (unpaired) electrons. The van der Waals surface area contributed by atoms with Crippen molar-refractivity contribution >= 4 is 16.9 Å². The highest BCUT2D eigenvalue weighted by molar-refractivity contribution is 5.92. The van der Waals surface area contributed by atoms with Crippen LogP contribution in [0, 0.1) is 0 Å². The Morgan fingerprint density at radius 3 is 2.52 bits per heavy atom. The third-order valence-electron chi connectivity index (χ3n) is 4.48. The van der Waals surface area contributed by atoms with E-state index >= 15 is 0 Å². The lowest BCUT2D eigenvalue weighted by Crippen LogP contribution is -2.25. The Balaban J connectivity index is 2.38. The standard InChI is InChI=1S/C21H30N2O2/c1-6-23(7-2)11-10-18-14-22-19-12-17(9-8-15(3)4)13-20(21(18)19)25-16(5)24/h8,12-14,22H,6-7,9-11H2,1-5H3. The second-order valence-corrected chi connectivity index (χ2v) is 6.69. The van der Waals surface area contributed by atoms with Crippen molar-refractivity contribution in [3.63, 3.8) is 0 Å². The van der Waals surface area contributed by atoms with E-state index in [4.69, 9.17) is 4.74 Å². The number of aromatic amines is 1. The molecule has 1 heterocycles. The van der Waals surface area contributed by atoms with E-state index in [1.807, 2.05) is 12.3 Å². The SMILES string of the molecule is CCN(CC)CCc1c[nH]c2cc(CC=C(C)C)cc(OC(C)=O)c12. The molecular weight excluding hydrogens is 312 g/mol. The zero-order valence-corrected chi connectivity index (χ0v) is 16.1. The first kappa shape index (κ1) is 19.3. The molecule has 0 amide bonds. The smallest absolute Gasteiger partial charge is 0.308 e. The van der Waals surface area contributed by atoms with Gasteiger partial charge in [-0.3, -0.25) is 4.79 Å². The Morgan fingerprint density at radius 2 is 1.92 bits per heavy atom. The van der Waals surface area contributed by atoms with Gasteiger partial charge in [0, 0.05) is 30.6 Å². The predicted molar refractivity (Wildman–Crippen MR) is 104 cm³/mol. The summed E-state index contributed by atoms with van der Waals surface area (Å²) < 4.78 is 5.54. The normalized spacial score (nSPS) is 11.1. The van der Waals surface area contributed by atoms with Gasteiger partial charge in [0.05, 0.1) is 0 Å². The van der Waals surface area contributed by atoms with E-state index in [0.29, 0.717) is 5.75 Å². The van der Waals surface area contributed by atoms with E-state index in [1.54, 1.807) is 0 Å². The number of fused-ring (bicyclic) bond motifs is 1. The summed E-state index contributed by atoms with van der Waals surface area (Å²) in [4.78, 5) is 17.3. The first-order chi connectivity index (χ1) is 11.9. The Hall–Kier alpha value is -2.07. The van der Waals surface area contributed by atoms with Crippen LogP contribution in [-0.4, -0.2) is 35.5 Å². The quantitative estimate of drug-likeness (QED) is 0.437. The minimum absolute atomic E-state index is 0.281. The number of rotatable bonds is 8. The second-order valence-electron chi connectivity index (χ2n) is 6.69. The number of ether oxygens (including phenoxy) is 1. The molecule has 0 saturated heterocycles. The number of esters is 1. The summed E-state index contributed by atoms with van der Waals surface area (Å²) in [6, 6.07) is 4.15. The van der Waals surface area contributed by atoms with Gasteiger partial charge in [-0.15, -0.1) is 0 Å². The number of benzene rings is 1. The maximum absolute atomic E-state index is 11.6. The Labute approximate surface area is 150 Å². The molecule has 0 aliphatic carbocycles. The van der Waals surface area contributed by atoms with Gasteiger partial charge in [0.25, 0.3) is 0 Å². The van der Waals surface area contributed by atoms with Crippen molar-refractivity contribution in [2.75, 3.05) is 19.6 Å². The predicted octanol–water partition coefficient (Wildman–Crippen LogP) is 4.49. The molecule has 0 unspecified atom stereocenters. The number of nitrogens with zero attached hydrogens (tertiary/aromatic N) is 1. The number of nitrogens with one attached hydrogen (secondary N) is 1. The molecule has 136 valence electrons.